The molecule has 2 amide bonds. The van der Waals surface area contributed by atoms with Crippen LogP contribution in [-0.2, 0) is 23.2 Å². The summed E-state index contributed by atoms with van der Waals surface area (Å²) in [5.74, 6) is 0.560. The molecule has 4 rings (SSSR count). The van der Waals surface area contributed by atoms with Gasteiger partial charge in [-0.1, -0.05) is 12.2 Å². The highest BCUT2D eigenvalue weighted by Crippen LogP contribution is 2.52. The van der Waals surface area contributed by atoms with E-state index in [4.69, 9.17) is 0 Å². The Bertz CT molecular complexity index is 588. The zero-order chi connectivity index (χ0) is 13.9. The van der Waals surface area contributed by atoms with E-state index in [1.54, 1.807) is 0 Å². The Morgan fingerprint density at radius 2 is 1.80 bits per heavy atom. The minimum Gasteiger partial charge on any atom is -0.278 e. The van der Waals surface area contributed by atoms with Crippen LogP contribution in [-0.4, -0.2) is 27.8 Å². The van der Waals surface area contributed by atoms with E-state index in [9.17, 15) is 9.59 Å². The first-order valence-corrected chi connectivity index (χ1v) is 7.20. The van der Waals surface area contributed by atoms with E-state index >= 15 is 0 Å². The van der Waals surface area contributed by atoms with Gasteiger partial charge in [0.05, 0.1) is 25.4 Å². The third-order valence-electron chi connectivity index (χ3n) is 4.97. The lowest BCUT2D eigenvalue weighted by Gasteiger charge is -2.15. The number of carbonyl (C=O) groups excluding carboxylic acids is 2. The van der Waals surface area contributed by atoms with Crippen LogP contribution in [0.5, 0.6) is 0 Å². The molecule has 4 atom stereocenters. The van der Waals surface area contributed by atoms with Crippen LogP contribution in [0.1, 0.15) is 6.42 Å². The van der Waals surface area contributed by atoms with Crippen molar-refractivity contribution in [2.45, 2.75) is 13.0 Å². The molecule has 1 aromatic heterocycles. The number of nitrogens with zero attached hydrogens (tertiary/aromatic N) is 3. The van der Waals surface area contributed by atoms with Crippen LogP contribution in [0.2, 0.25) is 0 Å². The van der Waals surface area contributed by atoms with E-state index < -0.39 is 0 Å². The number of imidazole rings is 1. The zero-order valence-corrected chi connectivity index (χ0v) is 11.5. The van der Waals surface area contributed by atoms with Crippen LogP contribution in [0.4, 0.5) is 0 Å². The molecular formula is C15H18N3O2+. The molecule has 0 radical (unpaired) electrons. The second-order valence-corrected chi connectivity index (χ2v) is 6.14. The summed E-state index contributed by atoms with van der Waals surface area (Å²) < 4.78 is 3.95. The van der Waals surface area contributed by atoms with Gasteiger partial charge in [-0.2, -0.15) is 0 Å². The van der Waals surface area contributed by atoms with E-state index in [0.717, 1.165) is 6.42 Å². The molecule has 5 nitrogen and oxygen atoms in total. The lowest BCUT2D eigenvalue weighted by atomic mass is 9.85. The van der Waals surface area contributed by atoms with E-state index in [1.165, 1.54) is 4.90 Å². The van der Waals surface area contributed by atoms with Gasteiger partial charge in [-0.15, -0.1) is 0 Å². The van der Waals surface area contributed by atoms with E-state index in [0.29, 0.717) is 24.9 Å². The lowest BCUT2D eigenvalue weighted by Crippen LogP contribution is -2.35. The maximum Gasteiger partial charge on any atom is 0.243 e. The molecule has 0 spiro atoms. The molecule has 1 saturated heterocycles. The first-order valence-electron chi connectivity index (χ1n) is 7.20. The van der Waals surface area contributed by atoms with Crippen LogP contribution in [0.3, 0.4) is 0 Å². The molecule has 0 N–H and O–H groups in total. The van der Waals surface area contributed by atoms with Gasteiger partial charge in [0, 0.05) is 0 Å². The van der Waals surface area contributed by atoms with Gasteiger partial charge in [0.2, 0.25) is 18.1 Å². The van der Waals surface area contributed by atoms with Crippen molar-refractivity contribution in [1.29, 1.82) is 0 Å². The molecule has 2 bridgehead atoms. The first-order chi connectivity index (χ1) is 9.65. The summed E-state index contributed by atoms with van der Waals surface area (Å²) in [7, 11) is 1.95. The Morgan fingerprint density at radius 1 is 1.15 bits per heavy atom. The Kier molecular flexibility index (Phi) is 2.40. The van der Waals surface area contributed by atoms with Crippen molar-refractivity contribution in [1.82, 2.24) is 9.47 Å². The summed E-state index contributed by atoms with van der Waals surface area (Å²) in [5, 5.41) is 0. The topological polar surface area (TPSA) is 46.2 Å². The fraction of sp³-hybridized carbons (Fsp3) is 0.533. The summed E-state index contributed by atoms with van der Waals surface area (Å²) in [6.07, 6.45) is 11.1. The molecule has 2 heterocycles. The van der Waals surface area contributed by atoms with Crippen LogP contribution < -0.4 is 4.57 Å². The highest BCUT2D eigenvalue weighted by atomic mass is 16.2. The maximum atomic E-state index is 12.5. The molecule has 4 unspecified atom stereocenters. The normalized spacial score (nSPS) is 34.4. The fourth-order valence-corrected chi connectivity index (χ4v) is 4.03. The van der Waals surface area contributed by atoms with E-state index in [1.807, 2.05) is 34.9 Å². The minimum absolute atomic E-state index is 0.0494. The predicted molar refractivity (Wildman–Crippen MR) is 70.0 cm³/mol. The van der Waals surface area contributed by atoms with Gasteiger partial charge < -0.3 is 0 Å². The molecule has 1 aromatic rings. The predicted octanol–water partition coefficient (Wildman–Crippen LogP) is 0.120. The molecule has 1 saturated carbocycles. The van der Waals surface area contributed by atoms with Gasteiger partial charge in [0.1, 0.15) is 18.9 Å². The van der Waals surface area contributed by atoms with Crippen molar-refractivity contribution in [2.75, 3.05) is 6.54 Å². The third kappa shape index (κ3) is 1.52. The van der Waals surface area contributed by atoms with Crippen LogP contribution in [0, 0.1) is 23.7 Å². The van der Waals surface area contributed by atoms with Gasteiger partial charge >= 0.3 is 0 Å². The summed E-state index contributed by atoms with van der Waals surface area (Å²) in [5.41, 5.74) is 0. The number of fused-ring (bicyclic) bond motifs is 5. The van der Waals surface area contributed by atoms with Crippen molar-refractivity contribution in [3.63, 3.8) is 0 Å². The number of allylic oxidation sites excluding steroid dienone is 2. The molecule has 2 aliphatic carbocycles. The maximum absolute atomic E-state index is 12.5. The van der Waals surface area contributed by atoms with Gasteiger partial charge in [-0.3, -0.25) is 14.5 Å². The standard InChI is InChI=1S/C15H18N3O2/c1-16-4-5-17(9-16)6-7-18-14(19)12-10-2-3-11(8-10)13(12)15(18)20/h2-5,9-13H,6-8H2,1H3/q+1. The highest BCUT2D eigenvalue weighted by molar-refractivity contribution is 6.06. The van der Waals surface area contributed by atoms with Crippen molar-refractivity contribution >= 4 is 11.8 Å². The molecule has 3 aliphatic rings. The van der Waals surface area contributed by atoms with Gasteiger partial charge in [-0.05, 0) is 18.3 Å². The smallest absolute Gasteiger partial charge is 0.243 e. The Hall–Kier alpha value is -1.91. The molecule has 0 aromatic carbocycles. The number of aromatic nitrogens is 2. The highest BCUT2D eigenvalue weighted by Gasteiger charge is 2.59. The van der Waals surface area contributed by atoms with Crippen LogP contribution in [0.15, 0.2) is 30.9 Å². The molecular weight excluding hydrogens is 254 g/mol. The van der Waals surface area contributed by atoms with Gasteiger partial charge in [0.25, 0.3) is 0 Å². The zero-order valence-electron chi connectivity index (χ0n) is 11.5. The number of hydrogen-bond acceptors (Lipinski definition) is 2. The Morgan fingerprint density at radius 3 is 2.35 bits per heavy atom. The van der Waals surface area contributed by atoms with Crippen molar-refractivity contribution in [3.05, 3.63) is 30.9 Å². The number of hydrogen-bond donors (Lipinski definition) is 0. The van der Waals surface area contributed by atoms with Crippen LogP contribution in [0.25, 0.3) is 0 Å². The average molecular weight is 272 g/mol. The first kappa shape index (κ1) is 11.9. The quantitative estimate of drug-likeness (QED) is 0.446. The van der Waals surface area contributed by atoms with Gasteiger partial charge in [0.15, 0.2) is 0 Å². The average Bonchev–Trinajstić information content (AvgIpc) is 3.15. The largest absolute Gasteiger partial charge is 0.278 e. The monoisotopic (exact) mass is 272 g/mol. The van der Waals surface area contributed by atoms with Crippen LogP contribution >= 0.6 is 0 Å². The minimum atomic E-state index is -0.0710. The van der Waals surface area contributed by atoms with Gasteiger partial charge in [-0.25, -0.2) is 9.13 Å². The summed E-state index contributed by atoms with van der Waals surface area (Å²) in [6.45, 7) is 1.15. The number of rotatable bonds is 3. The molecule has 20 heavy (non-hydrogen) atoms. The second-order valence-electron chi connectivity index (χ2n) is 6.14. The molecule has 2 fully saturated rings. The van der Waals surface area contributed by atoms with Crippen molar-refractivity contribution < 1.29 is 14.2 Å². The molecule has 104 valence electrons. The number of carbonyl (C=O) groups is 2. The second kappa shape index (κ2) is 4.04. The SMILES string of the molecule is C[n+]1ccn(CCN2C(=O)C3C4C=CC(C4)C3C2=O)c1. The third-order valence-corrected chi connectivity index (χ3v) is 4.97. The van der Waals surface area contributed by atoms with Crippen molar-refractivity contribution in [2.24, 2.45) is 30.7 Å². The summed E-state index contributed by atoms with van der Waals surface area (Å²) >= 11 is 0. The molecule has 5 heteroatoms. The lowest BCUT2D eigenvalue weighted by molar-refractivity contribution is -0.671. The Balaban J connectivity index is 1.50. The number of aryl methyl sites for hydroxylation is 1. The number of likely N-dealkylation sites (tertiary alicyclic amines) is 1. The summed E-state index contributed by atoms with van der Waals surface area (Å²) in [4.78, 5) is 26.4. The summed E-state index contributed by atoms with van der Waals surface area (Å²) in [6, 6.07) is 0. The van der Waals surface area contributed by atoms with E-state index in [2.05, 4.69) is 12.2 Å². The fourth-order valence-electron chi connectivity index (χ4n) is 4.03. The Labute approximate surface area is 117 Å². The van der Waals surface area contributed by atoms with E-state index in [-0.39, 0.29) is 23.7 Å². The number of imide groups is 1. The number of amides is 2. The van der Waals surface area contributed by atoms with Crippen molar-refractivity contribution in [3.8, 4) is 0 Å². The molecule has 1 aliphatic heterocycles.